The van der Waals surface area contributed by atoms with Crippen molar-refractivity contribution in [2.45, 2.75) is 17.7 Å². The Morgan fingerprint density at radius 3 is 2.38 bits per heavy atom. The molecular weight excluding hydrogens is 298 g/mol. The molecule has 3 heteroatoms. The maximum absolute atomic E-state index is 5.88. The first-order valence-corrected chi connectivity index (χ1v) is 8.71. The second kappa shape index (κ2) is 9.14. The molecule has 0 aliphatic carbocycles. The highest BCUT2D eigenvalue weighted by atomic mass is 35.5. The fraction of sp³-hybridized carbons (Fsp3) is 0.333. The van der Waals surface area contributed by atoms with Crippen molar-refractivity contribution in [3.8, 4) is 0 Å². The van der Waals surface area contributed by atoms with E-state index in [-0.39, 0.29) is 0 Å². The van der Waals surface area contributed by atoms with Crippen LogP contribution in [0, 0.1) is 0 Å². The van der Waals surface area contributed by atoms with E-state index in [9.17, 15) is 0 Å². The minimum atomic E-state index is 0.806. The molecule has 112 valence electrons. The number of rotatable bonds is 8. The third-order valence-electron chi connectivity index (χ3n) is 3.39. The zero-order valence-corrected chi connectivity index (χ0v) is 14.0. The van der Waals surface area contributed by atoms with Gasteiger partial charge < -0.3 is 4.90 Å². The zero-order valence-electron chi connectivity index (χ0n) is 12.5. The van der Waals surface area contributed by atoms with Crippen LogP contribution < -0.4 is 0 Å². The van der Waals surface area contributed by atoms with Gasteiger partial charge in [-0.25, -0.2) is 0 Å². The van der Waals surface area contributed by atoms with E-state index in [1.807, 2.05) is 23.9 Å². The second-order valence-electron chi connectivity index (χ2n) is 5.19. The van der Waals surface area contributed by atoms with E-state index in [0.717, 1.165) is 30.3 Å². The molecule has 0 aromatic heterocycles. The lowest BCUT2D eigenvalue weighted by molar-refractivity contribution is 0.340. The maximum atomic E-state index is 5.88. The standard InChI is InChI=1S/C18H22ClNS/c1-20(14-12-16-6-3-2-4-7-16)13-5-15-21-18-10-8-17(19)9-11-18/h2-4,6-11H,5,12-15H2,1H3. The quantitative estimate of drug-likeness (QED) is 0.498. The van der Waals surface area contributed by atoms with Gasteiger partial charge in [0.15, 0.2) is 0 Å². The fourth-order valence-corrected chi connectivity index (χ4v) is 3.10. The van der Waals surface area contributed by atoms with Gasteiger partial charge in [0.25, 0.3) is 0 Å². The van der Waals surface area contributed by atoms with Gasteiger partial charge in [-0.15, -0.1) is 11.8 Å². The van der Waals surface area contributed by atoms with Crippen molar-refractivity contribution in [1.29, 1.82) is 0 Å². The van der Waals surface area contributed by atoms with Crippen LogP contribution in [0.25, 0.3) is 0 Å². The third kappa shape index (κ3) is 6.56. The molecule has 0 fully saturated rings. The highest BCUT2D eigenvalue weighted by molar-refractivity contribution is 7.99. The summed E-state index contributed by atoms with van der Waals surface area (Å²) in [6.07, 6.45) is 2.33. The Balaban J connectivity index is 1.59. The fourth-order valence-electron chi connectivity index (χ4n) is 2.13. The summed E-state index contributed by atoms with van der Waals surface area (Å²) in [5.41, 5.74) is 1.42. The predicted octanol–water partition coefficient (Wildman–Crippen LogP) is 5.00. The molecule has 0 radical (unpaired) electrons. The first-order chi connectivity index (χ1) is 10.2. The van der Waals surface area contributed by atoms with Gasteiger partial charge in [-0.1, -0.05) is 41.9 Å². The summed E-state index contributed by atoms with van der Waals surface area (Å²) >= 11 is 7.78. The van der Waals surface area contributed by atoms with E-state index >= 15 is 0 Å². The molecule has 0 saturated heterocycles. The van der Waals surface area contributed by atoms with Gasteiger partial charge in [0.2, 0.25) is 0 Å². The van der Waals surface area contributed by atoms with Crippen molar-refractivity contribution >= 4 is 23.4 Å². The molecule has 2 rings (SSSR count). The van der Waals surface area contributed by atoms with Crippen LogP contribution in [0.3, 0.4) is 0 Å². The van der Waals surface area contributed by atoms with Crippen molar-refractivity contribution in [2.24, 2.45) is 0 Å². The molecule has 0 bridgehead atoms. The van der Waals surface area contributed by atoms with Crippen LogP contribution >= 0.6 is 23.4 Å². The third-order valence-corrected chi connectivity index (χ3v) is 4.74. The van der Waals surface area contributed by atoms with Gasteiger partial charge in [-0.3, -0.25) is 0 Å². The largest absolute Gasteiger partial charge is 0.306 e. The summed E-state index contributed by atoms with van der Waals surface area (Å²) in [4.78, 5) is 3.71. The van der Waals surface area contributed by atoms with E-state index in [4.69, 9.17) is 11.6 Å². The summed E-state index contributed by atoms with van der Waals surface area (Å²) < 4.78 is 0. The van der Waals surface area contributed by atoms with Crippen molar-refractivity contribution in [1.82, 2.24) is 4.90 Å². The first-order valence-electron chi connectivity index (χ1n) is 7.35. The average molecular weight is 320 g/mol. The normalized spacial score (nSPS) is 11.0. The summed E-state index contributed by atoms with van der Waals surface area (Å²) in [6, 6.07) is 18.8. The van der Waals surface area contributed by atoms with Crippen LogP contribution in [0.1, 0.15) is 12.0 Å². The number of hydrogen-bond acceptors (Lipinski definition) is 2. The van der Waals surface area contributed by atoms with Crippen LogP contribution in [0.4, 0.5) is 0 Å². The molecule has 0 saturated carbocycles. The lowest BCUT2D eigenvalue weighted by atomic mass is 10.1. The van der Waals surface area contributed by atoms with Gasteiger partial charge in [0.1, 0.15) is 0 Å². The molecular formula is C18H22ClNS. The summed E-state index contributed by atoms with van der Waals surface area (Å²) in [7, 11) is 2.20. The number of halogens is 1. The number of likely N-dealkylation sites (N-methyl/N-ethyl adjacent to an activating group) is 1. The Morgan fingerprint density at radius 2 is 1.67 bits per heavy atom. The van der Waals surface area contributed by atoms with E-state index in [1.54, 1.807) is 0 Å². The van der Waals surface area contributed by atoms with Crippen LogP contribution in [0.2, 0.25) is 5.02 Å². The molecule has 0 heterocycles. The van der Waals surface area contributed by atoms with Crippen molar-refractivity contribution in [2.75, 3.05) is 25.9 Å². The molecule has 0 spiro atoms. The number of hydrogen-bond donors (Lipinski definition) is 0. The number of benzene rings is 2. The lowest BCUT2D eigenvalue weighted by Gasteiger charge is -2.16. The molecule has 2 aromatic rings. The molecule has 21 heavy (non-hydrogen) atoms. The number of thioether (sulfide) groups is 1. The minimum Gasteiger partial charge on any atom is -0.306 e. The van der Waals surface area contributed by atoms with Gasteiger partial charge in [-0.05, 0) is 62.0 Å². The monoisotopic (exact) mass is 319 g/mol. The average Bonchev–Trinajstić information content (AvgIpc) is 2.52. The molecule has 0 unspecified atom stereocenters. The summed E-state index contributed by atoms with van der Waals surface area (Å²) in [5.74, 6) is 1.15. The van der Waals surface area contributed by atoms with Crippen LogP contribution in [0.15, 0.2) is 59.5 Å². The Bertz CT molecular complexity index is 513. The van der Waals surface area contributed by atoms with Crippen LogP contribution in [-0.2, 0) is 6.42 Å². The first kappa shape index (κ1) is 16.4. The second-order valence-corrected chi connectivity index (χ2v) is 6.80. The Labute approximate surface area is 137 Å². The zero-order chi connectivity index (χ0) is 14.9. The van der Waals surface area contributed by atoms with Gasteiger partial charge in [0.05, 0.1) is 0 Å². The van der Waals surface area contributed by atoms with E-state index in [1.165, 1.54) is 16.9 Å². The highest BCUT2D eigenvalue weighted by Gasteiger charge is 2.00. The molecule has 1 nitrogen and oxygen atoms in total. The summed E-state index contributed by atoms with van der Waals surface area (Å²) in [6.45, 7) is 2.27. The Morgan fingerprint density at radius 1 is 0.952 bits per heavy atom. The van der Waals surface area contributed by atoms with Crippen LogP contribution in [-0.4, -0.2) is 30.8 Å². The smallest absolute Gasteiger partial charge is 0.0406 e. The number of nitrogens with zero attached hydrogens (tertiary/aromatic N) is 1. The molecule has 2 aromatic carbocycles. The molecule has 0 aliphatic heterocycles. The molecule has 0 aliphatic rings. The Hall–Kier alpha value is -0.960. The topological polar surface area (TPSA) is 3.24 Å². The highest BCUT2D eigenvalue weighted by Crippen LogP contribution is 2.20. The minimum absolute atomic E-state index is 0.806. The molecule has 0 N–H and O–H groups in total. The van der Waals surface area contributed by atoms with Gasteiger partial charge >= 0.3 is 0 Å². The summed E-state index contributed by atoms with van der Waals surface area (Å²) in [5, 5.41) is 0.806. The molecule has 0 atom stereocenters. The van der Waals surface area contributed by atoms with Gasteiger partial charge in [0, 0.05) is 16.5 Å². The lowest BCUT2D eigenvalue weighted by Crippen LogP contribution is -2.22. The van der Waals surface area contributed by atoms with E-state index in [0.29, 0.717) is 0 Å². The Kier molecular flexibility index (Phi) is 7.14. The van der Waals surface area contributed by atoms with Gasteiger partial charge in [-0.2, -0.15) is 0 Å². The van der Waals surface area contributed by atoms with E-state index < -0.39 is 0 Å². The van der Waals surface area contributed by atoms with Crippen molar-refractivity contribution in [3.05, 3.63) is 65.2 Å². The van der Waals surface area contributed by atoms with Crippen molar-refractivity contribution in [3.63, 3.8) is 0 Å². The molecule has 0 amide bonds. The van der Waals surface area contributed by atoms with E-state index in [2.05, 4.69) is 54.4 Å². The maximum Gasteiger partial charge on any atom is 0.0406 e. The SMILES string of the molecule is CN(CCCSc1ccc(Cl)cc1)CCc1ccccc1. The predicted molar refractivity (Wildman–Crippen MR) is 94.4 cm³/mol. The van der Waals surface area contributed by atoms with Crippen LogP contribution in [0.5, 0.6) is 0 Å². The van der Waals surface area contributed by atoms with Crippen molar-refractivity contribution < 1.29 is 0 Å².